The van der Waals surface area contributed by atoms with Crippen LogP contribution in [0.15, 0.2) is 46.5 Å². The molecule has 144 valence electrons. The van der Waals surface area contributed by atoms with Gasteiger partial charge in [0.15, 0.2) is 0 Å². The first-order valence-electron chi connectivity index (χ1n) is 9.36. The summed E-state index contributed by atoms with van der Waals surface area (Å²) in [6.45, 7) is 0.789. The number of aromatic carboxylic acids is 1. The number of nitrogens with one attached hydrogen (secondary N) is 1. The van der Waals surface area contributed by atoms with Gasteiger partial charge in [-0.2, -0.15) is 0 Å². The van der Waals surface area contributed by atoms with Crippen molar-refractivity contribution >= 4 is 33.5 Å². The normalized spacial score (nSPS) is 20.2. The first-order chi connectivity index (χ1) is 13.0. The number of carboxylic acid groups (broad SMARTS) is 1. The van der Waals surface area contributed by atoms with E-state index in [9.17, 15) is 14.7 Å². The molecule has 0 saturated heterocycles. The fourth-order valence-corrected chi connectivity index (χ4v) is 3.90. The largest absolute Gasteiger partial charge is 0.478 e. The van der Waals surface area contributed by atoms with E-state index in [1.54, 1.807) is 18.2 Å². The standard InChI is InChI=1S/C21H24BrNO4/c22-16-9-11-19(18(12-16)21(25)26)23-20(24)15-6-3-7-17(10-8-15)27-13-14-4-1-2-5-14/h3,6-7,9,11-12,14,17H,1-2,4-5,8,10,13H2,(H,23,24)(H,25,26). The Labute approximate surface area is 167 Å². The van der Waals surface area contributed by atoms with Crippen LogP contribution in [0.1, 0.15) is 48.9 Å². The van der Waals surface area contributed by atoms with Crippen LogP contribution < -0.4 is 5.32 Å². The maximum Gasteiger partial charge on any atom is 0.337 e. The van der Waals surface area contributed by atoms with Crippen LogP contribution in [0.25, 0.3) is 0 Å². The molecule has 1 saturated carbocycles. The lowest BCUT2D eigenvalue weighted by Gasteiger charge is -2.17. The monoisotopic (exact) mass is 433 g/mol. The topological polar surface area (TPSA) is 75.6 Å². The highest BCUT2D eigenvalue weighted by Gasteiger charge is 2.20. The number of allylic oxidation sites excluding steroid dienone is 2. The number of hydrogen-bond donors (Lipinski definition) is 2. The first-order valence-corrected chi connectivity index (χ1v) is 10.2. The summed E-state index contributed by atoms with van der Waals surface area (Å²) in [4.78, 5) is 24.0. The summed E-state index contributed by atoms with van der Waals surface area (Å²) >= 11 is 3.25. The highest BCUT2D eigenvalue weighted by atomic mass is 79.9. The van der Waals surface area contributed by atoms with E-state index in [2.05, 4.69) is 21.2 Å². The molecule has 2 N–H and O–H groups in total. The van der Waals surface area contributed by atoms with E-state index in [1.807, 2.05) is 12.2 Å². The molecule has 6 heteroatoms. The van der Waals surface area contributed by atoms with Gasteiger partial charge in [0.2, 0.25) is 0 Å². The average molecular weight is 434 g/mol. The molecule has 0 aromatic heterocycles. The zero-order valence-corrected chi connectivity index (χ0v) is 16.7. The Morgan fingerprint density at radius 2 is 2.00 bits per heavy atom. The summed E-state index contributed by atoms with van der Waals surface area (Å²) in [5.41, 5.74) is 0.969. The molecule has 1 amide bonds. The molecule has 0 bridgehead atoms. The zero-order valence-electron chi connectivity index (χ0n) is 15.1. The van der Waals surface area contributed by atoms with Crippen LogP contribution in [0.4, 0.5) is 5.69 Å². The first kappa shape index (κ1) is 19.8. The van der Waals surface area contributed by atoms with Crippen molar-refractivity contribution in [2.75, 3.05) is 11.9 Å². The van der Waals surface area contributed by atoms with Crippen molar-refractivity contribution in [2.45, 2.75) is 44.6 Å². The van der Waals surface area contributed by atoms with Gasteiger partial charge < -0.3 is 15.2 Å². The van der Waals surface area contributed by atoms with Crippen LogP contribution in [-0.4, -0.2) is 29.7 Å². The second-order valence-corrected chi connectivity index (χ2v) is 8.00. The van der Waals surface area contributed by atoms with E-state index in [-0.39, 0.29) is 17.6 Å². The van der Waals surface area contributed by atoms with Crippen molar-refractivity contribution in [1.29, 1.82) is 0 Å². The lowest BCUT2D eigenvalue weighted by atomic mass is 10.1. The van der Waals surface area contributed by atoms with Gasteiger partial charge in [-0.3, -0.25) is 4.79 Å². The minimum Gasteiger partial charge on any atom is -0.478 e. The third kappa shape index (κ3) is 5.53. The number of ether oxygens (including phenoxy) is 1. The number of carbonyl (C=O) groups excluding carboxylic acids is 1. The number of amides is 1. The summed E-state index contributed by atoms with van der Waals surface area (Å²) in [6, 6.07) is 4.77. The summed E-state index contributed by atoms with van der Waals surface area (Å²) in [5, 5.41) is 12.1. The van der Waals surface area contributed by atoms with E-state index < -0.39 is 5.97 Å². The molecule has 2 aliphatic carbocycles. The maximum atomic E-state index is 12.6. The predicted molar refractivity (Wildman–Crippen MR) is 108 cm³/mol. The number of carbonyl (C=O) groups is 2. The molecule has 0 heterocycles. The van der Waals surface area contributed by atoms with E-state index in [0.29, 0.717) is 28.1 Å². The van der Waals surface area contributed by atoms with Crippen LogP contribution in [0.2, 0.25) is 0 Å². The van der Waals surface area contributed by atoms with Gasteiger partial charge in [-0.05, 0) is 49.8 Å². The number of rotatable bonds is 6. The van der Waals surface area contributed by atoms with Gasteiger partial charge in [0.1, 0.15) is 0 Å². The molecule has 0 aliphatic heterocycles. The van der Waals surface area contributed by atoms with Crippen LogP contribution in [0, 0.1) is 5.92 Å². The van der Waals surface area contributed by atoms with Crippen molar-refractivity contribution in [1.82, 2.24) is 0 Å². The van der Waals surface area contributed by atoms with Gasteiger partial charge in [-0.15, -0.1) is 0 Å². The van der Waals surface area contributed by atoms with Crippen molar-refractivity contribution in [3.63, 3.8) is 0 Å². The summed E-state index contributed by atoms with van der Waals surface area (Å²) < 4.78 is 6.67. The van der Waals surface area contributed by atoms with Gasteiger partial charge in [0, 0.05) is 10.0 Å². The minimum atomic E-state index is -1.08. The van der Waals surface area contributed by atoms with E-state index in [4.69, 9.17) is 4.74 Å². The van der Waals surface area contributed by atoms with Crippen LogP contribution >= 0.6 is 15.9 Å². The Hall–Kier alpha value is -1.92. The zero-order chi connectivity index (χ0) is 19.2. The van der Waals surface area contributed by atoms with E-state index in [1.165, 1.54) is 31.7 Å². The number of carboxylic acids is 1. The van der Waals surface area contributed by atoms with Crippen molar-refractivity contribution in [3.8, 4) is 0 Å². The molecular weight excluding hydrogens is 410 g/mol. The molecule has 27 heavy (non-hydrogen) atoms. The van der Waals surface area contributed by atoms with Crippen molar-refractivity contribution < 1.29 is 19.4 Å². The lowest BCUT2D eigenvalue weighted by molar-refractivity contribution is -0.113. The van der Waals surface area contributed by atoms with Gasteiger partial charge in [0.25, 0.3) is 5.91 Å². The minimum absolute atomic E-state index is 0.0226. The summed E-state index contributed by atoms with van der Waals surface area (Å²) in [5.74, 6) is -0.688. The maximum absolute atomic E-state index is 12.6. The molecule has 1 aromatic carbocycles. The number of hydrogen-bond acceptors (Lipinski definition) is 3. The van der Waals surface area contributed by atoms with Gasteiger partial charge in [0.05, 0.1) is 24.0 Å². The van der Waals surface area contributed by atoms with Gasteiger partial charge in [-0.1, -0.05) is 47.0 Å². The molecule has 5 nitrogen and oxygen atoms in total. The molecule has 1 aromatic rings. The van der Waals surface area contributed by atoms with E-state index >= 15 is 0 Å². The highest BCUT2D eigenvalue weighted by Crippen LogP contribution is 2.27. The molecule has 1 fully saturated rings. The van der Waals surface area contributed by atoms with Gasteiger partial charge >= 0.3 is 5.97 Å². The molecular formula is C21H24BrNO4. The number of benzene rings is 1. The highest BCUT2D eigenvalue weighted by molar-refractivity contribution is 9.10. The Bertz CT molecular complexity index is 765. The van der Waals surface area contributed by atoms with Crippen molar-refractivity contribution in [3.05, 3.63) is 52.0 Å². The molecule has 0 spiro atoms. The fraction of sp³-hybridized carbons (Fsp3) is 0.429. The summed E-state index contributed by atoms with van der Waals surface area (Å²) in [7, 11) is 0. The number of anilines is 1. The fourth-order valence-electron chi connectivity index (χ4n) is 3.54. The second-order valence-electron chi connectivity index (χ2n) is 7.09. The third-order valence-electron chi connectivity index (χ3n) is 5.09. The Morgan fingerprint density at radius 1 is 1.22 bits per heavy atom. The van der Waals surface area contributed by atoms with Crippen LogP contribution in [-0.2, 0) is 9.53 Å². The molecule has 0 radical (unpaired) electrons. The summed E-state index contributed by atoms with van der Waals surface area (Å²) in [6.07, 6.45) is 12.1. The Morgan fingerprint density at radius 3 is 2.74 bits per heavy atom. The molecule has 2 aliphatic rings. The second kappa shape index (κ2) is 9.33. The van der Waals surface area contributed by atoms with E-state index in [0.717, 1.165) is 13.0 Å². The molecule has 3 rings (SSSR count). The smallest absolute Gasteiger partial charge is 0.337 e. The Kier molecular flexibility index (Phi) is 6.85. The molecule has 1 unspecified atom stereocenters. The van der Waals surface area contributed by atoms with Gasteiger partial charge in [-0.25, -0.2) is 4.79 Å². The van der Waals surface area contributed by atoms with Crippen LogP contribution in [0.3, 0.4) is 0 Å². The average Bonchev–Trinajstić information content (AvgIpc) is 3.05. The van der Waals surface area contributed by atoms with Crippen LogP contribution in [0.5, 0.6) is 0 Å². The van der Waals surface area contributed by atoms with Crippen molar-refractivity contribution in [2.24, 2.45) is 5.92 Å². The molecule has 1 atom stereocenters. The Balaban J connectivity index is 1.56. The lowest BCUT2D eigenvalue weighted by Crippen LogP contribution is -2.18. The number of halogens is 1. The third-order valence-corrected chi connectivity index (χ3v) is 5.59. The SMILES string of the molecule is O=C(Nc1ccc(Br)cc1C(=O)O)C1=CC=CC(OCC2CCCC2)CC1. The predicted octanol–water partition coefficient (Wildman–Crippen LogP) is 4.94. The quantitative estimate of drug-likeness (QED) is 0.665.